The van der Waals surface area contributed by atoms with E-state index in [0.717, 1.165) is 30.6 Å². The maximum atomic E-state index is 12.3. The molecule has 0 bridgehead atoms. The molecular formula is C23H27N3O2S. The quantitative estimate of drug-likeness (QED) is 0.522. The van der Waals surface area contributed by atoms with E-state index in [-0.39, 0.29) is 18.7 Å². The van der Waals surface area contributed by atoms with Crippen molar-refractivity contribution in [2.75, 3.05) is 0 Å². The molecule has 0 radical (unpaired) electrons. The molecule has 2 atom stereocenters. The van der Waals surface area contributed by atoms with Gasteiger partial charge in [0.05, 0.1) is 10.4 Å². The van der Waals surface area contributed by atoms with Gasteiger partial charge in [-0.25, -0.2) is 4.79 Å². The summed E-state index contributed by atoms with van der Waals surface area (Å²) in [5, 5.41) is 3.01. The lowest BCUT2D eigenvalue weighted by atomic mass is 9.96. The molecule has 152 valence electrons. The van der Waals surface area contributed by atoms with E-state index < -0.39 is 6.09 Å². The third-order valence-electron chi connectivity index (χ3n) is 4.70. The second-order valence-electron chi connectivity index (χ2n) is 7.10. The molecule has 29 heavy (non-hydrogen) atoms. The van der Waals surface area contributed by atoms with Gasteiger partial charge in [0.1, 0.15) is 6.61 Å². The monoisotopic (exact) mass is 409 g/mol. The third kappa shape index (κ3) is 7.68. The molecule has 3 N–H and O–H groups in total. The van der Waals surface area contributed by atoms with Crippen LogP contribution in [0.1, 0.15) is 28.8 Å². The van der Waals surface area contributed by atoms with E-state index in [9.17, 15) is 4.79 Å². The van der Waals surface area contributed by atoms with Crippen LogP contribution in [0, 0.1) is 0 Å². The van der Waals surface area contributed by atoms with Crippen molar-refractivity contribution in [3.8, 4) is 0 Å². The highest BCUT2D eigenvalue weighted by Crippen LogP contribution is 2.13. The van der Waals surface area contributed by atoms with E-state index in [2.05, 4.69) is 34.6 Å². The van der Waals surface area contributed by atoms with Crippen molar-refractivity contribution < 1.29 is 9.53 Å². The Hall–Kier alpha value is -2.70. The number of nitrogens with one attached hydrogen (secondary N) is 1. The van der Waals surface area contributed by atoms with Crippen molar-refractivity contribution in [2.45, 2.75) is 44.4 Å². The minimum Gasteiger partial charge on any atom is -0.444 e. The first kappa shape index (κ1) is 21.0. The number of carbonyl (C=O) groups is 1. The Morgan fingerprint density at radius 3 is 2.28 bits per heavy atom. The fraction of sp³-hybridized carbons (Fsp3) is 0.304. The normalized spacial score (nSPS) is 12.9. The second kappa shape index (κ2) is 11.3. The van der Waals surface area contributed by atoms with Crippen LogP contribution in [0.2, 0.25) is 0 Å². The number of ether oxygens (including phenoxy) is 1. The first-order valence-electron chi connectivity index (χ1n) is 9.83. The SMILES string of the molecule is N[C@@H](CCC(Cc1ccccc1)NC(=O)OCc1cncs1)Cc1ccccc1. The molecule has 0 saturated carbocycles. The molecule has 0 aliphatic carbocycles. The maximum Gasteiger partial charge on any atom is 0.407 e. The number of thiazole rings is 1. The third-order valence-corrected chi connectivity index (χ3v) is 5.46. The predicted molar refractivity (Wildman–Crippen MR) is 117 cm³/mol. The van der Waals surface area contributed by atoms with Crippen LogP contribution >= 0.6 is 11.3 Å². The summed E-state index contributed by atoms with van der Waals surface area (Å²) < 4.78 is 5.35. The van der Waals surface area contributed by atoms with Crippen molar-refractivity contribution in [1.29, 1.82) is 0 Å². The number of hydrogen-bond donors (Lipinski definition) is 2. The molecule has 1 amide bonds. The number of nitrogens with two attached hydrogens (primary N) is 1. The molecule has 1 heterocycles. The summed E-state index contributed by atoms with van der Waals surface area (Å²) in [6.45, 7) is 0.238. The lowest BCUT2D eigenvalue weighted by molar-refractivity contribution is 0.135. The van der Waals surface area contributed by atoms with Gasteiger partial charge in [-0.2, -0.15) is 0 Å². The molecule has 0 spiro atoms. The van der Waals surface area contributed by atoms with Gasteiger partial charge in [0.15, 0.2) is 0 Å². The fourth-order valence-corrected chi connectivity index (χ4v) is 3.72. The summed E-state index contributed by atoms with van der Waals surface area (Å²) in [7, 11) is 0. The van der Waals surface area contributed by atoms with Crippen LogP contribution in [0.15, 0.2) is 72.4 Å². The zero-order valence-electron chi connectivity index (χ0n) is 16.4. The van der Waals surface area contributed by atoms with E-state index in [1.54, 1.807) is 11.7 Å². The summed E-state index contributed by atoms with van der Waals surface area (Å²) >= 11 is 1.47. The molecule has 0 fully saturated rings. The maximum absolute atomic E-state index is 12.3. The minimum absolute atomic E-state index is 0.0341. The van der Waals surface area contributed by atoms with Gasteiger partial charge in [-0.05, 0) is 36.8 Å². The van der Waals surface area contributed by atoms with Crippen LogP contribution in [0.25, 0.3) is 0 Å². The van der Waals surface area contributed by atoms with Gasteiger partial charge in [-0.3, -0.25) is 4.98 Å². The molecule has 6 heteroatoms. The summed E-state index contributed by atoms with van der Waals surface area (Å²) in [5.74, 6) is 0. The van der Waals surface area contributed by atoms with Crippen LogP contribution in [0.3, 0.4) is 0 Å². The largest absolute Gasteiger partial charge is 0.444 e. The molecular weight excluding hydrogens is 382 g/mol. The number of aromatic nitrogens is 1. The van der Waals surface area contributed by atoms with Crippen molar-refractivity contribution in [3.63, 3.8) is 0 Å². The van der Waals surface area contributed by atoms with E-state index >= 15 is 0 Å². The van der Waals surface area contributed by atoms with Crippen molar-refractivity contribution in [2.24, 2.45) is 5.73 Å². The van der Waals surface area contributed by atoms with E-state index in [1.165, 1.54) is 22.5 Å². The summed E-state index contributed by atoms with van der Waals surface area (Å²) in [4.78, 5) is 17.2. The highest BCUT2D eigenvalue weighted by atomic mass is 32.1. The fourth-order valence-electron chi connectivity index (χ4n) is 3.22. The van der Waals surface area contributed by atoms with E-state index in [4.69, 9.17) is 10.5 Å². The van der Waals surface area contributed by atoms with Gasteiger partial charge < -0.3 is 15.8 Å². The predicted octanol–water partition coefficient (Wildman–Crippen LogP) is 4.33. The number of hydrogen-bond acceptors (Lipinski definition) is 5. The Balaban J connectivity index is 1.52. The smallest absolute Gasteiger partial charge is 0.407 e. The highest BCUT2D eigenvalue weighted by molar-refractivity contribution is 7.09. The van der Waals surface area contributed by atoms with E-state index in [1.807, 2.05) is 36.4 Å². The van der Waals surface area contributed by atoms with Gasteiger partial charge >= 0.3 is 6.09 Å². The first-order valence-corrected chi connectivity index (χ1v) is 10.7. The topological polar surface area (TPSA) is 77.2 Å². The molecule has 0 aliphatic rings. The van der Waals surface area contributed by atoms with Crippen molar-refractivity contribution in [3.05, 3.63) is 88.4 Å². The Morgan fingerprint density at radius 1 is 1.00 bits per heavy atom. The summed E-state index contributed by atoms with van der Waals surface area (Å²) in [6.07, 6.45) is 4.49. The van der Waals surface area contributed by atoms with Crippen LogP contribution in [0.5, 0.6) is 0 Å². The number of nitrogens with zero attached hydrogens (tertiary/aromatic N) is 1. The lowest BCUT2D eigenvalue weighted by Crippen LogP contribution is -2.38. The minimum atomic E-state index is -0.407. The van der Waals surface area contributed by atoms with Crippen LogP contribution in [-0.2, 0) is 24.2 Å². The summed E-state index contributed by atoms with van der Waals surface area (Å²) in [5.41, 5.74) is 10.5. The van der Waals surface area contributed by atoms with Crippen molar-refractivity contribution >= 4 is 17.4 Å². The second-order valence-corrected chi connectivity index (χ2v) is 8.07. The van der Waals surface area contributed by atoms with E-state index in [0.29, 0.717) is 0 Å². The van der Waals surface area contributed by atoms with Crippen LogP contribution in [0.4, 0.5) is 4.79 Å². The lowest BCUT2D eigenvalue weighted by Gasteiger charge is -2.21. The molecule has 3 aromatic rings. The Bertz CT molecular complexity index is 841. The van der Waals surface area contributed by atoms with Gasteiger partial charge in [0.2, 0.25) is 0 Å². The van der Waals surface area contributed by atoms with Crippen molar-refractivity contribution in [1.82, 2.24) is 10.3 Å². The average molecular weight is 410 g/mol. The standard InChI is InChI=1S/C23H27N3O2S/c24-20(13-18-7-3-1-4-8-18)11-12-21(14-19-9-5-2-6-10-19)26-23(27)28-16-22-15-25-17-29-22/h1-10,15,17,20-21H,11-14,16,24H2,(H,26,27)/t20-,21?/m0/s1. The Morgan fingerprint density at radius 2 is 1.66 bits per heavy atom. The zero-order chi connectivity index (χ0) is 20.3. The van der Waals surface area contributed by atoms with Gasteiger partial charge in [0.25, 0.3) is 0 Å². The van der Waals surface area contributed by atoms with Gasteiger partial charge in [-0.15, -0.1) is 11.3 Å². The van der Waals surface area contributed by atoms with Crippen LogP contribution in [-0.4, -0.2) is 23.2 Å². The molecule has 5 nitrogen and oxygen atoms in total. The number of amides is 1. The Kier molecular flexibility index (Phi) is 8.22. The molecule has 0 aliphatic heterocycles. The van der Waals surface area contributed by atoms with Gasteiger partial charge in [0, 0.05) is 18.3 Å². The van der Waals surface area contributed by atoms with Gasteiger partial charge in [-0.1, -0.05) is 60.7 Å². The molecule has 2 aromatic carbocycles. The van der Waals surface area contributed by atoms with Crippen LogP contribution < -0.4 is 11.1 Å². The highest BCUT2D eigenvalue weighted by Gasteiger charge is 2.16. The molecule has 0 saturated heterocycles. The first-order chi connectivity index (χ1) is 14.2. The Labute approximate surface area is 175 Å². The molecule has 1 unspecified atom stereocenters. The number of carbonyl (C=O) groups excluding carboxylic acids is 1. The summed E-state index contributed by atoms with van der Waals surface area (Å²) in [6, 6.07) is 20.4. The molecule has 3 rings (SSSR count). The average Bonchev–Trinajstić information content (AvgIpc) is 3.26. The number of benzene rings is 2. The molecule has 1 aromatic heterocycles. The number of rotatable bonds is 10. The number of alkyl carbamates (subject to hydrolysis) is 1. The zero-order valence-corrected chi connectivity index (χ0v) is 17.2.